The van der Waals surface area contributed by atoms with Crippen molar-refractivity contribution in [2.75, 3.05) is 25.6 Å². The van der Waals surface area contributed by atoms with Gasteiger partial charge in [0.1, 0.15) is 5.75 Å². The fourth-order valence-electron chi connectivity index (χ4n) is 2.67. The maximum absolute atomic E-state index is 13.2. The molecule has 0 aliphatic heterocycles. The molecule has 3 aromatic rings. The van der Waals surface area contributed by atoms with Gasteiger partial charge in [-0.05, 0) is 18.2 Å². The quantitative estimate of drug-likeness (QED) is 0.638. The van der Waals surface area contributed by atoms with Crippen LogP contribution in [0.25, 0.3) is 10.9 Å². The van der Waals surface area contributed by atoms with Crippen LogP contribution < -0.4 is 10.1 Å². The van der Waals surface area contributed by atoms with Gasteiger partial charge >= 0.3 is 0 Å². The number of amides is 1. The molecule has 0 atom stereocenters. The zero-order valence-electron chi connectivity index (χ0n) is 14.5. The molecule has 0 saturated heterocycles. The highest BCUT2D eigenvalue weighted by atomic mass is 19.2. The average Bonchev–Trinajstić information content (AvgIpc) is 3.06. The number of benzene rings is 2. The summed E-state index contributed by atoms with van der Waals surface area (Å²) in [5.74, 6) is -4.48. The molecule has 0 aliphatic rings. The summed E-state index contributed by atoms with van der Waals surface area (Å²) in [4.78, 5) is 12.0. The molecule has 2 aromatic carbocycles. The lowest BCUT2D eigenvalue weighted by molar-refractivity contribution is -0.118. The Morgan fingerprint density at radius 1 is 1.15 bits per heavy atom. The number of carbonyl (C=O) groups excluding carboxylic acids is 1. The van der Waals surface area contributed by atoms with Crippen LogP contribution in [-0.2, 0) is 16.1 Å². The van der Waals surface area contributed by atoms with E-state index in [4.69, 9.17) is 9.47 Å². The number of halogens is 3. The third kappa shape index (κ3) is 4.22. The zero-order chi connectivity index (χ0) is 19.4. The summed E-state index contributed by atoms with van der Waals surface area (Å²) in [6.45, 7) is 0.858. The van der Waals surface area contributed by atoms with Crippen molar-refractivity contribution in [3.05, 3.63) is 60.0 Å². The normalized spacial score (nSPS) is 11.0. The van der Waals surface area contributed by atoms with Crippen LogP contribution in [0.15, 0.2) is 42.6 Å². The summed E-state index contributed by atoms with van der Waals surface area (Å²) in [7, 11) is 1.62. The first-order chi connectivity index (χ1) is 13.0. The lowest BCUT2D eigenvalue weighted by Gasteiger charge is -2.10. The Hall–Kier alpha value is -3.00. The van der Waals surface area contributed by atoms with Gasteiger partial charge < -0.3 is 19.4 Å². The number of rotatable bonds is 7. The maximum Gasteiger partial charge on any atom is 0.262 e. The maximum atomic E-state index is 13.2. The van der Waals surface area contributed by atoms with Crippen molar-refractivity contribution in [2.24, 2.45) is 0 Å². The summed E-state index contributed by atoms with van der Waals surface area (Å²) in [5, 5.41) is 3.09. The molecule has 8 heteroatoms. The third-order valence-corrected chi connectivity index (χ3v) is 3.94. The average molecular weight is 378 g/mol. The van der Waals surface area contributed by atoms with Gasteiger partial charge in [-0.25, -0.2) is 13.2 Å². The molecular weight excluding hydrogens is 361 g/mol. The lowest BCUT2D eigenvalue weighted by Crippen LogP contribution is -2.20. The van der Waals surface area contributed by atoms with E-state index >= 15 is 0 Å². The molecule has 1 N–H and O–H groups in total. The first-order valence-corrected chi connectivity index (χ1v) is 8.13. The Morgan fingerprint density at radius 3 is 2.59 bits per heavy atom. The molecule has 0 radical (unpaired) electrons. The van der Waals surface area contributed by atoms with Crippen LogP contribution in [0.5, 0.6) is 5.75 Å². The minimum atomic E-state index is -1.59. The summed E-state index contributed by atoms with van der Waals surface area (Å²) < 4.78 is 51.9. The van der Waals surface area contributed by atoms with E-state index in [1.807, 2.05) is 22.9 Å². The summed E-state index contributed by atoms with van der Waals surface area (Å²) in [5.41, 5.74) is 0.733. The number of carbonyl (C=O) groups is 1. The van der Waals surface area contributed by atoms with Crippen molar-refractivity contribution < 1.29 is 27.4 Å². The Kier molecular flexibility index (Phi) is 5.66. The molecule has 1 aromatic heterocycles. The van der Waals surface area contributed by atoms with Gasteiger partial charge in [-0.1, -0.05) is 6.07 Å². The van der Waals surface area contributed by atoms with Crippen molar-refractivity contribution in [3.8, 4) is 5.75 Å². The second-order valence-electron chi connectivity index (χ2n) is 5.78. The summed E-state index contributed by atoms with van der Waals surface area (Å²) >= 11 is 0. The van der Waals surface area contributed by atoms with E-state index in [1.165, 1.54) is 0 Å². The number of ether oxygens (including phenoxy) is 2. The van der Waals surface area contributed by atoms with Crippen LogP contribution in [0.3, 0.4) is 0 Å². The fourth-order valence-corrected chi connectivity index (χ4v) is 2.67. The zero-order valence-corrected chi connectivity index (χ0v) is 14.5. The molecular formula is C19H17F3N2O3. The van der Waals surface area contributed by atoms with Crippen molar-refractivity contribution in [1.82, 2.24) is 4.57 Å². The summed E-state index contributed by atoms with van der Waals surface area (Å²) in [6, 6.07) is 8.70. The number of hydrogen-bond acceptors (Lipinski definition) is 3. The minimum Gasteiger partial charge on any atom is -0.483 e. The molecule has 0 fully saturated rings. The first-order valence-electron chi connectivity index (χ1n) is 8.13. The number of fused-ring (bicyclic) bond motifs is 1. The largest absolute Gasteiger partial charge is 0.483 e. The molecule has 0 aliphatic carbocycles. The Bertz CT molecular complexity index is 949. The van der Waals surface area contributed by atoms with E-state index in [9.17, 15) is 18.0 Å². The van der Waals surface area contributed by atoms with Crippen molar-refractivity contribution in [1.29, 1.82) is 0 Å². The van der Waals surface area contributed by atoms with Gasteiger partial charge in [-0.15, -0.1) is 0 Å². The van der Waals surface area contributed by atoms with Gasteiger partial charge in [0, 0.05) is 43.1 Å². The number of hydrogen-bond donors (Lipinski definition) is 1. The summed E-state index contributed by atoms with van der Waals surface area (Å²) in [6.07, 6.45) is 1.89. The minimum absolute atomic E-state index is 0.191. The van der Waals surface area contributed by atoms with Crippen LogP contribution in [0.2, 0.25) is 0 Å². The second kappa shape index (κ2) is 8.13. The molecule has 27 heavy (non-hydrogen) atoms. The highest BCUT2D eigenvalue weighted by Gasteiger charge is 2.13. The van der Waals surface area contributed by atoms with Crippen molar-refractivity contribution in [2.45, 2.75) is 6.54 Å². The molecule has 1 heterocycles. The van der Waals surface area contributed by atoms with E-state index in [0.717, 1.165) is 10.9 Å². The second-order valence-corrected chi connectivity index (χ2v) is 5.78. The first kappa shape index (κ1) is 18.8. The highest BCUT2D eigenvalue weighted by Crippen LogP contribution is 2.26. The third-order valence-electron chi connectivity index (χ3n) is 3.94. The predicted molar refractivity (Wildman–Crippen MR) is 94.3 cm³/mol. The number of anilines is 1. The highest BCUT2D eigenvalue weighted by molar-refractivity contribution is 5.92. The van der Waals surface area contributed by atoms with Crippen LogP contribution >= 0.6 is 0 Å². The van der Waals surface area contributed by atoms with Gasteiger partial charge in [0.25, 0.3) is 5.91 Å². The lowest BCUT2D eigenvalue weighted by atomic mass is 10.2. The van der Waals surface area contributed by atoms with E-state index in [-0.39, 0.29) is 12.3 Å². The van der Waals surface area contributed by atoms with E-state index < -0.39 is 23.4 Å². The fraction of sp³-hybridized carbons (Fsp3) is 0.211. The molecule has 3 rings (SSSR count). The topological polar surface area (TPSA) is 52.5 Å². The van der Waals surface area contributed by atoms with Crippen LogP contribution in [0.4, 0.5) is 18.9 Å². The monoisotopic (exact) mass is 378 g/mol. The van der Waals surface area contributed by atoms with Gasteiger partial charge in [-0.3, -0.25) is 4.79 Å². The van der Waals surface area contributed by atoms with Gasteiger partial charge in [0.15, 0.2) is 24.1 Å². The SMILES string of the molecule is COCCn1ccc2c(OCC(=O)Nc3cc(F)c(F)c(F)c3)cccc21. The molecule has 0 bridgehead atoms. The van der Waals surface area contributed by atoms with Crippen LogP contribution in [0.1, 0.15) is 0 Å². The smallest absolute Gasteiger partial charge is 0.262 e. The number of nitrogens with zero attached hydrogens (tertiary/aromatic N) is 1. The van der Waals surface area contributed by atoms with E-state index in [1.54, 1.807) is 19.2 Å². The van der Waals surface area contributed by atoms with Crippen molar-refractivity contribution >= 4 is 22.5 Å². The molecule has 1 amide bonds. The van der Waals surface area contributed by atoms with Crippen LogP contribution in [-0.4, -0.2) is 30.8 Å². The Morgan fingerprint density at radius 2 is 1.89 bits per heavy atom. The number of aromatic nitrogens is 1. The molecule has 0 spiro atoms. The standard InChI is InChI=1S/C19H17F3N2O3/c1-26-8-7-24-6-5-13-16(24)3-2-4-17(13)27-11-18(25)23-12-9-14(20)19(22)15(21)10-12/h2-6,9-10H,7-8,11H2,1H3,(H,23,25). The van der Waals surface area contributed by atoms with Gasteiger partial charge in [0.05, 0.1) is 12.1 Å². The van der Waals surface area contributed by atoms with E-state index in [0.29, 0.717) is 31.0 Å². The number of nitrogens with one attached hydrogen (secondary N) is 1. The number of methoxy groups -OCH3 is 1. The molecule has 0 saturated carbocycles. The molecule has 0 unspecified atom stereocenters. The molecule has 142 valence electrons. The van der Waals surface area contributed by atoms with Crippen molar-refractivity contribution in [3.63, 3.8) is 0 Å². The Balaban J connectivity index is 1.68. The van der Waals surface area contributed by atoms with Gasteiger partial charge in [-0.2, -0.15) is 0 Å². The van der Waals surface area contributed by atoms with Crippen LogP contribution in [0, 0.1) is 17.5 Å². The Labute approximate surface area is 153 Å². The van der Waals surface area contributed by atoms with Gasteiger partial charge in [0.2, 0.25) is 0 Å². The predicted octanol–water partition coefficient (Wildman–Crippen LogP) is 3.72. The van der Waals surface area contributed by atoms with E-state index in [2.05, 4.69) is 5.32 Å². The molecule has 5 nitrogen and oxygen atoms in total.